The predicted octanol–water partition coefficient (Wildman–Crippen LogP) is 1.83. The summed E-state index contributed by atoms with van der Waals surface area (Å²) in [4.78, 5) is 17.1. The van der Waals surface area contributed by atoms with Crippen LogP contribution >= 0.6 is 11.3 Å². The quantitative estimate of drug-likeness (QED) is 0.716. The highest BCUT2D eigenvalue weighted by Gasteiger charge is 2.14. The van der Waals surface area contributed by atoms with Gasteiger partial charge in [0.1, 0.15) is 4.88 Å². The second-order valence-electron chi connectivity index (χ2n) is 3.83. The molecule has 0 radical (unpaired) electrons. The highest BCUT2D eigenvalue weighted by Crippen LogP contribution is 2.24. The van der Waals surface area contributed by atoms with Crippen LogP contribution in [0.2, 0.25) is 0 Å². The number of aliphatic hydroxyl groups excluding tert-OH is 1. The van der Waals surface area contributed by atoms with Crippen LogP contribution in [0.15, 0.2) is 24.4 Å². The number of ether oxygens (including phenoxy) is 1. The van der Waals surface area contributed by atoms with E-state index in [4.69, 9.17) is 5.11 Å². The number of carbonyl (C=O) groups excluding carboxylic acids is 1. The zero-order valence-corrected chi connectivity index (χ0v) is 10.4. The van der Waals surface area contributed by atoms with Gasteiger partial charge >= 0.3 is 5.97 Å². The van der Waals surface area contributed by atoms with Crippen LogP contribution in [-0.2, 0) is 11.3 Å². The first kappa shape index (κ1) is 11.2. The van der Waals surface area contributed by atoms with Crippen LogP contribution in [0.1, 0.15) is 15.2 Å². The minimum Gasteiger partial charge on any atom is -0.465 e. The fourth-order valence-corrected chi connectivity index (χ4v) is 2.77. The van der Waals surface area contributed by atoms with E-state index in [0.717, 1.165) is 21.6 Å². The average molecular weight is 262 g/mol. The predicted molar refractivity (Wildman–Crippen MR) is 67.8 cm³/mol. The first-order valence-corrected chi connectivity index (χ1v) is 6.14. The second-order valence-corrected chi connectivity index (χ2v) is 4.84. The average Bonchev–Trinajstić information content (AvgIpc) is 2.94. The highest BCUT2D eigenvalue weighted by atomic mass is 32.1. The van der Waals surface area contributed by atoms with Gasteiger partial charge < -0.3 is 9.84 Å². The van der Waals surface area contributed by atoms with Gasteiger partial charge in [-0.1, -0.05) is 17.4 Å². The lowest BCUT2D eigenvalue weighted by atomic mass is 10.2. The number of methoxy groups -OCH3 is 1. The number of esters is 1. The van der Waals surface area contributed by atoms with Crippen molar-refractivity contribution >= 4 is 33.3 Å². The van der Waals surface area contributed by atoms with Crippen molar-refractivity contribution in [1.82, 2.24) is 9.38 Å². The molecule has 1 N–H and O–H groups in total. The van der Waals surface area contributed by atoms with Crippen LogP contribution in [-0.4, -0.2) is 27.6 Å². The molecule has 0 fully saturated rings. The van der Waals surface area contributed by atoms with E-state index in [1.54, 1.807) is 6.20 Å². The molecule has 92 valence electrons. The van der Waals surface area contributed by atoms with E-state index in [2.05, 4.69) is 9.72 Å². The molecule has 2 heterocycles. The number of aliphatic hydroxyl groups is 1. The number of aromatic nitrogens is 2. The monoisotopic (exact) mass is 262 g/mol. The number of imidazole rings is 1. The van der Waals surface area contributed by atoms with Crippen molar-refractivity contribution in [2.75, 3.05) is 7.11 Å². The van der Waals surface area contributed by atoms with E-state index in [-0.39, 0.29) is 12.6 Å². The third-order valence-electron chi connectivity index (χ3n) is 2.74. The maximum Gasteiger partial charge on any atom is 0.349 e. The maximum atomic E-state index is 11.4. The molecule has 3 aromatic rings. The van der Waals surface area contributed by atoms with Gasteiger partial charge in [-0.05, 0) is 17.7 Å². The van der Waals surface area contributed by atoms with Crippen LogP contribution in [0.5, 0.6) is 0 Å². The van der Waals surface area contributed by atoms with Gasteiger partial charge in [-0.25, -0.2) is 9.78 Å². The van der Waals surface area contributed by atoms with Crippen molar-refractivity contribution in [2.24, 2.45) is 0 Å². The van der Waals surface area contributed by atoms with Gasteiger partial charge in [-0.3, -0.25) is 4.40 Å². The third kappa shape index (κ3) is 1.58. The molecule has 6 heteroatoms. The number of benzene rings is 1. The zero-order chi connectivity index (χ0) is 12.7. The van der Waals surface area contributed by atoms with Crippen LogP contribution in [0.4, 0.5) is 0 Å². The molecule has 0 aliphatic heterocycles. The molecule has 0 saturated carbocycles. The molecule has 0 aliphatic carbocycles. The fourth-order valence-electron chi connectivity index (χ4n) is 1.85. The summed E-state index contributed by atoms with van der Waals surface area (Å²) in [5, 5.41) is 9.08. The first-order chi connectivity index (χ1) is 8.72. The van der Waals surface area contributed by atoms with Gasteiger partial charge in [-0.15, -0.1) is 0 Å². The Kier molecular flexibility index (Phi) is 2.53. The summed E-state index contributed by atoms with van der Waals surface area (Å²) in [7, 11) is 1.36. The molecule has 2 aromatic heterocycles. The third-order valence-corrected chi connectivity index (χ3v) is 3.70. The van der Waals surface area contributed by atoms with E-state index in [0.29, 0.717) is 4.88 Å². The van der Waals surface area contributed by atoms with E-state index in [1.165, 1.54) is 18.4 Å². The standard InChI is InChI=1S/C12H10N2O3S/c1-17-11(16)10-5-14-9-3-2-7(6-15)4-8(9)13-12(14)18-10/h2-5,15H,6H2,1H3. The molecule has 0 spiro atoms. The van der Waals surface area contributed by atoms with Crippen LogP contribution in [0.3, 0.4) is 0 Å². The second kappa shape index (κ2) is 4.08. The number of nitrogens with zero attached hydrogens (tertiary/aromatic N) is 2. The summed E-state index contributed by atoms with van der Waals surface area (Å²) in [6.07, 6.45) is 1.72. The summed E-state index contributed by atoms with van der Waals surface area (Å²) >= 11 is 1.28. The number of carbonyl (C=O) groups is 1. The molecule has 0 saturated heterocycles. The molecule has 0 aliphatic rings. The van der Waals surface area contributed by atoms with Crippen LogP contribution in [0.25, 0.3) is 16.0 Å². The minimum atomic E-state index is -0.356. The van der Waals surface area contributed by atoms with E-state index < -0.39 is 0 Å². The van der Waals surface area contributed by atoms with Gasteiger partial charge in [-0.2, -0.15) is 0 Å². The molecule has 0 bridgehead atoms. The smallest absolute Gasteiger partial charge is 0.349 e. The number of rotatable bonds is 2. The van der Waals surface area contributed by atoms with Gasteiger partial charge in [0.05, 0.1) is 24.8 Å². The zero-order valence-electron chi connectivity index (χ0n) is 9.58. The Morgan fingerprint density at radius 2 is 2.39 bits per heavy atom. The Balaban J connectivity index is 2.22. The summed E-state index contributed by atoms with van der Waals surface area (Å²) in [6.45, 7) is -0.00543. The molecule has 5 nitrogen and oxygen atoms in total. The molecular weight excluding hydrogens is 252 g/mol. The molecular formula is C12H10N2O3S. The molecule has 3 rings (SSSR count). The lowest BCUT2D eigenvalue weighted by Crippen LogP contribution is -1.97. The molecule has 0 atom stereocenters. The lowest BCUT2D eigenvalue weighted by molar-refractivity contribution is 0.0606. The minimum absolute atomic E-state index is 0.00543. The largest absolute Gasteiger partial charge is 0.465 e. The number of thiazole rings is 1. The number of hydrogen-bond donors (Lipinski definition) is 1. The van der Waals surface area contributed by atoms with Crippen molar-refractivity contribution in [1.29, 1.82) is 0 Å². The van der Waals surface area contributed by atoms with E-state index >= 15 is 0 Å². The van der Waals surface area contributed by atoms with E-state index in [9.17, 15) is 4.79 Å². The van der Waals surface area contributed by atoms with Gasteiger partial charge in [0, 0.05) is 6.20 Å². The fraction of sp³-hybridized carbons (Fsp3) is 0.167. The summed E-state index contributed by atoms with van der Waals surface area (Å²) < 4.78 is 6.54. The normalized spacial score (nSPS) is 11.2. The summed E-state index contributed by atoms with van der Waals surface area (Å²) in [5.74, 6) is -0.356. The van der Waals surface area contributed by atoms with Crippen molar-refractivity contribution in [3.8, 4) is 0 Å². The molecule has 18 heavy (non-hydrogen) atoms. The summed E-state index contributed by atoms with van der Waals surface area (Å²) in [5.41, 5.74) is 2.54. The highest BCUT2D eigenvalue weighted by molar-refractivity contribution is 7.18. The van der Waals surface area contributed by atoms with Crippen LogP contribution in [0, 0.1) is 0 Å². The van der Waals surface area contributed by atoms with Gasteiger partial charge in [0.2, 0.25) is 0 Å². The van der Waals surface area contributed by atoms with E-state index in [1.807, 2.05) is 22.6 Å². The van der Waals surface area contributed by atoms with Crippen molar-refractivity contribution in [3.63, 3.8) is 0 Å². The Hall–Kier alpha value is -1.92. The Bertz CT molecular complexity index is 744. The topological polar surface area (TPSA) is 63.8 Å². The lowest BCUT2D eigenvalue weighted by Gasteiger charge is -1.95. The number of fused-ring (bicyclic) bond motifs is 3. The van der Waals surface area contributed by atoms with Crippen molar-refractivity contribution < 1.29 is 14.6 Å². The Morgan fingerprint density at radius 1 is 1.56 bits per heavy atom. The molecule has 0 amide bonds. The summed E-state index contributed by atoms with van der Waals surface area (Å²) in [6, 6.07) is 5.56. The van der Waals surface area contributed by atoms with Crippen molar-refractivity contribution in [3.05, 3.63) is 34.8 Å². The number of hydrogen-bond acceptors (Lipinski definition) is 5. The molecule has 0 unspecified atom stereocenters. The first-order valence-electron chi connectivity index (χ1n) is 5.32. The van der Waals surface area contributed by atoms with Gasteiger partial charge in [0.15, 0.2) is 4.96 Å². The Morgan fingerprint density at radius 3 is 3.11 bits per heavy atom. The van der Waals surface area contributed by atoms with Crippen LogP contribution < -0.4 is 0 Å². The SMILES string of the molecule is COC(=O)c1cn2c(nc3cc(CO)ccc32)s1. The molecule has 1 aromatic carbocycles. The van der Waals surface area contributed by atoms with Gasteiger partial charge in [0.25, 0.3) is 0 Å². The maximum absolute atomic E-state index is 11.4. The van der Waals surface area contributed by atoms with Crippen molar-refractivity contribution in [2.45, 2.75) is 6.61 Å². The Labute approximate surface area is 106 Å².